The normalized spacial score (nSPS) is 20.5. The molecule has 192 valence electrons. The zero-order valence-corrected chi connectivity index (χ0v) is 21.0. The zero-order chi connectivity index (χ0) is 25.2. The number of carbonyl (C=O) groups excluding carboxylic acids is 2. The maximum Gasteiger partial charge on any atom is 0.324 e. The molecule has 2 saturated heterocycles. The highest BCUT2D eigenvalue weighted by Crippen LogP contribution is 2.34. The molecule has 0 radical (unpaired) electrons. The lowest BCUT2D eigenvalue weighted by Gasteiger charge is -2.38. The monoisotopic (exact) mass is 512 g/mol. The van der Waals surface area contributed by atoms with Crippen molar-refractivity contribution in [1.82, 2.24) is 20.3 Å². The predicted molar refractivity (Wildman–Crippen MR) is 134 cm³/mol. The van der Waals surface area contributed by atoms with Crippen LogP contribution in [0, 0.1) is 0 Å². The molecular formula is C26H32N4O5S. The molecule has 3 amide bonds. The number of benzene rings is 2. The number of nitrogens with one attached hydrogen (secondary N) is 3. The van der Waals surface area contributed by atoms with E-state index >= 15 is 0 Å². The van der Waals surface area contributed by atoms with Gasteiger partial charge in [-0.3, -0.25) is 10.1 Å². The molecular weight excluding hydrogens is 480 g/mol. The van der Waals surface area contributed by atoms with E-state index in [1.807, 2.05) is 30.3 Å². The van der Waals surface area contributed by atoms with Crippen molar-refractivity contribution in [3.8, 4) is 5.75 Å². The SMILES string of the molecule is O=C1CN(Cc2ccc(C3(NS(=O)(=O)c4cccc(OC5CCCC5)c4)CCNCC3)cc2)C(=O)N1. The second-order valence-electron chi connectivity index (χ2n) is 9.84. The van der Waals surface area contributed by atoms with E-state index in [-0.39, 0.29) is 23.5 Å². The van der Waals surface area contributed by atoms with Gasteiger partial charge in [-0.1, -0.05) is 30.3 Å². The molecule has 10 heteroatoms. The number of piperidine rings is 1. The van der Waals surface area contributed by atoms with E-state index in [0.29, 0.717) is 38.2 Å². The molecule has 1 saturated carbocycles. The first-order chi connectivity index (χ1) is 17.3. The van der Waals surface area contributed by atoms with Crippen LogP contribution in [0.4, 0.5) is 4.79 Å². The minimum absolute atomic E-state index is 0.0412. The smallest absolute Gasteiger partial charge is 0.324 e. The Bertz CT molecular complexity index is 1220. The molecule has 2 aromatic carbocycles. The maximum absolute atomic E-state index is 13.6. The third-order valence-electron chi connectivity index (χ3n) is 7.26. The highest BCUT2D eigenvalue weighted by atomic mass is 32.2. The second kappa shape index (κ2) is 10.2. The maximum atomic E-state index is 13.6. The van der Waals surface area contributed by atoms with Crippen LogP contribution in [0.2, 0.25) is 0 Å². The molecule has 9 nitrogen and oxygen atoms in total. The first kappa shape index (κ1) is 24.7. The minimum atomic E-state index is -3.82. The van der Waals surface area contributed by atoms with Crippen molar-refractivity contribution in [3.05, 3.63) is 59.7 Å². The van der Waals surface area contributed by atoms with E-state index in [2.05, 4.69) is 15.4 Å². The number of imide groups is 1. The molecule has 0 bridgehead atoms. The van der Waals surface area contributed by atoms with Crippen molar-refractivity contribution in [1.29, 1.82) is 0 Å². The summed E-state index contributed by atoms with van der Waals surface area (Å²) in [5, 5.41) is 5.59. The first-order valence-corrected chi connectivity index (χ1v) is 14.0. The lowest BCUT2D eigenvalue weighted by atomic mass is 9.82. The summed E-state index contributed by atoms with van der Waals surface area (Å²) in [5.74, 6) is 0.273. The standard InChI is InChI=1S/C26H32N4O5S/c31-24-18-30(25(32)28-24)17-19-8-10-20(11-9-19)26(12-14-27-15-13-26)29-36(33,34)23-7-3-6-22(16-23)35-21-4-1-2-5-21/h3,6-11,16,21,27,29H,1-2,4-5,12-15,17-18H2,(H,28,31,32). The first-order valence-electron chi connectivity index (χ1n) is 12.5. The summed E-state index contributed by atoms with van der Waals surface area (Å²) in [6.45, 7) is 1.72. The van der Waals surface area contributed by atoms with Crippen molar-refractivity contribution in [2.75, 3.05) is 19.6 Å². The molecule has 3 fully saturated rings. The van der Waals surface area contributed by atoms with Crippen molar-refractivity contribution >= 4 is 22.0 Å². The molecule has 36 heavy (non-hydrogen) atoms. The molecule has 0 spiro atoms. The van der Waals surface area contributed by atoms with Gasteiger partial charge in [0.1, 0.15) is 12.3 Å². The second-order valence-corrected chi connectivity index (χ2v) is 11.5. The summed E-state index contributed by atoms with van der Waals surface area (Å²) in [7, 11) is -3.82. The van der Waals surface area contributed by atoms with Crippen molar-refractivity contribution in [2.24, 2.45) is 0 Å². The van der Waals surface area contributed by atoms with E-state index in [0.717, 1.165) is 36.8 Å². The predicted octanol–water partition coefficient (Wildman–Crippen LogP) is 2.62. The van der Waals surface area contributed by atoms with Gasteiger partial charge < -0.3 is 15.0 Å². The highest BCUT2D eigenvalue weighted by molar-refractivity contribution is 7.89. The van der Waals surface area contributed by atoms with Crippen molar-refractivity contribution in [3.63, 3.8) is 0 Å². The van der Waals surface area contributed by atoms with E-state index in [4.69, 9.17) is 4.74 Å². The van der Waals surface area contributed by atoms with Crippen LogP contribution in [-0.2, 0) is 26.9 Å². The third kappa shape index (κ3) is 5.40. The molecule has 2 aromatic rings. The highest BCUT2D eigenvalue weighted by Gasteiger charge is 2.38. The van der Waals surface area contributed by atoms with Crippen LogP contribution < -0.4 is 20.1 Å². The number of carbonyl (C=O) groups is 2. The summed E-state index contributed by atoms with van der Waals surface area (Å²) in [5.41, 5.74) is 0.982. The van der Waals surface area contributed by atoms with Gasteiger partial charge in [-0.2, -0.15) is 0 Å². The Kier molecular flexibility index (Phi) is 7.00. The van der Waals surface area contributed by atoms with E-state index in [9.17, 15) is 18.0 Å². The Labute approximate surface area is 211 Å². The lowest BCUT2D eigenvalue weighted by molar-refractivity contribution is -0.118. The quantitative estimate of drug-likeness (QED) is 0.468. The third-order valence-corrected chi connectivity index (χ3v) is 8.79. The number of sulfonamides is 1. The van der Waals surface area contributed by atoms with Gasteiger partial charge in [-0.05, 0) is 74.9 Å². The number of hydrogen-bond donors (Lipinski definition) is 3. The van der Waals surface area contributed by atoms with Gasteiger partial charge in [0.15, 0.2) is 0 Å². The molecule has 3 aliphatic rings. The zero-order valence-electron chi connectivity index (χ0n) is 20.2. The van der Waals surface area contributed by atoms with Crippen molar-refractivity contribution in [2.45, 2.75) is 61.6 Å². The van der Waals surface area contributed by atoms with Gasteiger partial charge in [-0.25, -0.2) is 17.9 Å². The summed E-state index contributed by atoms with van der Waals surface area (Å²) in [6.07, 6.45) is 5.64. The lowest BCUT2D eigenvalue weighted by Crippen LogP contribution is -2.52. The Balaban J connectivity index is 1.35. The number of ether oxygens (including phenoxy) is 1. The van der Waals surface area contributed by atoms with Crippen LogP contribution in [0.25, 0.3) is 0 Å². The molecule has 1 aliphatic carbocycles. The molecule has 5 rings (SSSR count). The van der Waals surface area contributed by atoms with E-state index in [1.54, 1.807) is 18.2 Å². The molecule has 2 aliphatic heterocycles. The van der Waals surface area contributed by atoms with Gasteiger partial charge in [-0.15, -0.1) is 0 Å². The van der Waals surface area contributed by atoms with Gasteiger partial charge in [0.25, 0.3) is 0 Å². The largest absolute Gasteiger partial charge is 0.490 e. The van der Waals surface area contributed by atoms with Crippen LogP contribution in [0.15, 0.2) is 53.4 Å². The molecule has 0 atom stereocenters. The topological polar surface area (TPSA) is 117 Å². The fourth-order valence-electron chi connectivity index (χ4n) is 5.29. The molecule has 2 heterocycles. The average Bonchev–Trinajstić information content (AvgIpc) is 3.48. The van der Waals surface area contributed by atoms with Crippen LogP contribution in [0.5, 0.6) is 5.75 Å². The van der Waals surface area contributed by atoms with Gasteiger partial charge in [0, 0.05) is 12.6 Å². The molecule has 3 N–H and O–H groups in total. The number of nitrogens with zero attached hydrogens (tertiary/aromatic N) is 1. The Hall–Kier alpha value is -2.95. The summed E-state index contributed by atoms with van der Waals surface area (Å²) < 4.78 is 36.2. The fraction of sp³-hybridized carbons (Fsp3) is 0.462. The van der Waals surface area contributed by atoms with Gasteiger partial charge >= 0.3 is 6.03 Å². The summed E-state index contributed by atoms with van der Waals surface area (Å²) >= 11 is 0. The number of hydrogen-bond acceptors (Lipinski definition) is 6. The molecule has 0 aromatic heterocycles. The van der Waals surface area contributed by atoms with Crippen LogP contribution in [0.1, 0.15) is 49.7 Å². The fourth-order valence-corrected chi connectivity index (χ4v) is 6.78. The van der Waals surface area contributed by atoms with Crippen LogP contribution >= 0.6 is 0 Å². The van der Waals surface area contributed by atoms with Gasteiger partial charge in [0.2, 0.25) is 15.9 Å². The minimum Gasteiger partial charge on any atom is -0.490 e. The van der Waals surface area contributed by atoms with Gasteiger partial charge in [0.05, 0.1) is 16.5 Å². The summed E-state index contributed by atoms with van der Waals surface area (Å²) in [6, 6.07) is 14.0. The Morgan fingerprint density at radius 2 is 1.75 bits per heavy atom. The Morgan fingerprint density at radius 3 is 2.42 bits per heavy atom. The van der Waals surface area contributed by atoms with Crippen molar-refractivity contribution < 1.29 is 22.7 Å². The molecule has 0 unspecified atom stereocenters. The van der Waals surface area contributed by atoms with Crippen LogP contribution in [-0.4, -0.2) is 51.0 Å². The van der Waals surface area contributed by atoms with E-state index in [1.165, 1.54) is 4.90 Å². The Morgan fingerprint density at radius 1 is 1.03 bits per heavy atom. The average molecular weight is 513 g/mol. The number of urea groups is 1. The van der Waals surface area contributed by atoms with E-state index < -0.39 is 21.6 Å². The number of rotatable bonds is 8. The summed E-state index contributed by atoms with van der Waals surface area (Å²) in [4.78, 5) is 25.0. The number of amides is 3. The van der Waals surface area contributed by atoms with Crippen LogP contribution in [0.3, 0.4) is 0 Å².